The molecule has 2 aromatic carbocycles. The van der Waals surface area contributed by atoms with E-state index in [-0.39, 0.29) is 39.1 Å². The summed E-state index contributed by atoms with van der Waals surface area (Å²) in [6, 6.07) is 2.18. The Balaban J connectivity index is 1.62. The third kappa shape index (κ3) is 3.97. The number of phenolic OH excluding ortho intramolecular Hbond substituents is 2. The van der Waals surface area contributed by atoms with Crippen molar-refractivity contribution >= 4 is 22.5 Å². The number of carboxylic acids is 1. The number of Topliss-reactive ketones (excluding diaryl/α,β-unsaturated/α-hetero) is 1. The molecule has 0 bridgehead atoms. The van der Waals surface area contributed by atoms with Crippen molar-refractivity contribution in [2.45, 2.75) is 75.8 Å². The standard InChI is InChI=1S/C27H30O11/c1-11-17(12(2)28)20(30)18-15(19(11)29)9-13(25(33)34)10-16(18)37-26-22(32)21(31)23-24(38-26)27(35)7-4-3-5-14(27)6-8-36-23/h6,8-10,14,21-24,26,29-32,35H,3-5,7H2,1-2H3,(H,33,34)/t14-,21+,22+,23-,24-,26+,27+/m0/s1. The lowest BCUT2D eigenvalue weighted by molar-refractivity contribution is -0.310. The number of aliphatic hydroxyl groups is 3. The minimum atomic E-state index is -1.70. The lowest BCUT2D eigenvalue weighted by Crippen LogP contribution is -2.67. The van der Waals surface area contributed by atoms with E-state index in [1.54, 1.807) is 6.08 Å². The van der Waals surface area contributed by atoms with Gasteiger partial charge in [-0.05, 0) is 44.9 Å². The van der Waals surface area contributed by atoms with Crippen LogP contribution >= 0.6 is 0 Å². The van der Waals surface area contributed by atoms with Crippen LogP contribution in [0.2, 0.25) is 0 Å². The Labute approximate surface area is 217 Å². The number of benzene rings is 2. The number of carbonyl (C=O) groups excluding carboxylic acids is 1. The largest absolute Gasteiger partial charge is 0.507 e. The van der Waals surface area contributed by atoms with Gasteiger partial charge in [-0.1, -0.05) is 12.8 Å². The van der Waals surface area contributed by atoms with E-state index in [0.29, 0.717) is 19.3 Å². The van der Waals surface area contributed by atoms with Gasteiger partial charge in [0.25, 0.3) is 0 Å². The first kappa shape index (κ1) is 26.2. The molecule has 1 aliphatic carbocycles. The Kier molecular flexibility index (Phi) is 6.50. The molecule has 3 aliphatic rings. The van der Waals surface area contributed by atoms with E-state index in [1.165, 1.54) is 20.1 Å². The number of aliphatic hydroxyl groups excluding tert-OH is 2. The third-order valence-corrected chi connectivity index (χ3v) is 7.97. The van der Waals surface area contributed by atoms with E-state index in [9.17, 15) is 40.2 Å². The number of aromatic carboxylic acids is 1. The van der Waals surface area contributed by atoms with Crippen LogP contribution in [0.3, 0.4) is 0 Å². The van der Waals surface area contributed by atoms with Crippen molar-refractivity contribution in [1.29, 1.82) is 0 Å². The molecule has 0 aromatic heterocycles. The van der Waals surface area contributed by atoms with Crippen LogP contribution in [0.5, 0.6) is 17.2 Å². The van der Waals surface area contributed by atoms with E-state index in [4.69, 9.17) is 14.2 Å². The SMILES string of the molecule is CC(=O)c1c(C)c(O)c2cc(C(=O)O)cc(O[C@@H]3O[C@H]4[C@@H](OC=C[C@@H]5CCCC[C@@]54O)[C@H](O)[C@H]3O)c2c1O. The Morgan fingerprint density at radius 2 is 1.84 bits per heavy atom. The fourth-order valence-electron chi connectivity index (χ4n) is 5.99. The minimum absolute atomic E-state index is 0.0527. The Morgan fingerprint density at radius 3 is 2.53 bits per heavy atom. The fraction of sp³-hybridized carbons (Fsp3) is 0.481. The highest BCUT2D eigenvalue weighted by Crippen LogP contribution is 2.47. The zero-order chi connectivity index (χ0) is 27.5. The summed E-state index contributed by atoms with van der Waals surface area (Å²) < 4.78 is 17.6. The van der Waals surface area contributed by atoms with Crippen molar-refractivity contribution < 1.29 is 54.4 Å². The summed E-state index contributed by atoms with van der Waals surface area (Å²) in [5.74, 6) is -3.53. The van der Waals surface area contributed by atoms with E-state index in [2.05, 4.69) is 0 Å². The van der Waals surface area contributed by atoms with Crippen molar-refractivity contribution in [3.8, 4) is 17.2 Å². The smallest absolute Gasteiger partial charge is 0.335 e. The summed E-state index contributed by atoms with van der Waals surface area (Å²) in [5, 5.41) is 64.7. The molecule has 38 heavy (non-hydrogen) atoms. The monoisotopic (exact) mass is 530 g/mol. The second-order valence-corrected chi connectivity index (χ2v) is 10.3. The topological polar surface area (TPSA) is 183 Å². The summed E-state index contributed by atoms with van der Waals surface area (Å²) in [6.45, 7) is 2.61. The number of hydrogen-bond donors (Lipinski definition) is 6. The highest BCUT2D eigenvalue weighted by Gasteiger charge is 2.58. The molecule has 0 spiro atoms. The quantitative estimate of drug-likeness (QED) is 0.251. The van der Waals surface area contributed by atoms with Crippen LogP contribution < -0.4 is 4.74 Å². The van der Waals surface area contributed by atoms with E-state index >= 15 is 0 Å². The summed E-state index contributed by atoms with van der Waals surface area (Å²) in [6.07, 6.45) is -1.39. The molecule has 2 fully saturated rings. The lowest BCUT2D eigenvalue weighted by Gasteiger charge is -2.50. The minimum Gasteiger partial charge on any atom is -0.507 e. The number of aromatic hydroxyl groups is 2. The van der Waals surface area contributed by atoms with Crippen molar-refractivity contribution in [3.05, 3.63) is 41.2 Å². The van der Waals surface area contributed by atoms with Crippen molar-refractivity contribution in [2.24, 2.45) is 5.92 Å². The highest BCUT2D eigenvalue weighted by atomic mass is 16.7. The molecule has 6 N–H and O–H groups in total. The average Bonchev–Trinajstić information content (AvgIpc) is 3.01. The highest BCUT2D eigenvalue weighted by molar-refractivity contribution is 6.11. The van der Waals surface area contributed by atoms with Gasteiger partial charge in [0.05, 0.1) is 22.8 Å². The van der Waals surface area contributed by atoms with Crippen LogP contribution in [0.4, 0.5) is 0 Å². The van der Waals surface area contributed by atoms with Gasteiger partial charge >= 0.3 is 5.97 Å². The molecule has 0 amide bonds. The first-order valence-electron chi connectivity index (χ1n) is 12.4. The third-order valence-electron chi connectivity index (χ3n) is 7.97. The van der Waals surface area contributed by atoms with Crippen LogP contribution in [0, 0.1) is 12.8 Å². The van der Waals surface area contributed by atoms with E-state index in [0.717, 1.165) is 18.6 Å². The second kappa shape index (κ2) is 9.42. The summed E-state index contributed by atoms with van der Waals surface area (Å²) >= 11 is 0. The molecular formula is C27H30O11. The number of rotatable bonds is 4. The summed E-state index contributed by atoms with van der Waals surface area (Å²) in [5.41, 5.74) is -1.87. The summed E-state index contributed by atoms with van der Waals surface area (Å²) in [4.78, 5) is 24.1. The van der Waals surface area contributed by atoms with Gasteiger partial charge in [-0.3, -0.25) is 4.79 Å². The van der Waals surface area contributed by atoms with Gasteiger partial charge in [-0.25, -0.2) is 4.79 Å². The number of ketones is 1. The van der Waals surface area contributed by atoms with Crippen molar-refractivity contribution in [2.75, 3.05) is 0 Å². The molecule has 11 nitrogen and oxygen atoms in total. The second-order valence-electron chi connectivity index (χ2n) is 10.3. The van der Waals surface area contributed by atoms with Gasteiger partial charge in [0.2, 0.25) is 6.29 Å². The Morgan fingerprint density at radius 1 is 1.11 bits per heavy atom. The van der Waals surface area contributed by atoms with Gasteiger partial charge < -0.3 is 44.8 Å². The predicted octanol–water partition coefficient (Wildman–Crippen LogP) is 2.12. The number of phenols is 2. The molecule has 0 radical (unpaired) electrons. The normalized spacial score (nSPS) is 32.6. The van der Waals surface area contributed by atoms with E-state index < -0.39 is 59.6 Å². The van der Waals surface area contributed by atoms with Crippen molar-refractivity contribution in [1.82, 2.24) is 0 Å². The number of hydrogen-bond acceptors (Lipinski definition) is 10. The number of fused-ring (bicyclic) bond motifs is 4. The lowest BCUT2D eigenvalue weighted by atomic mass is 9.70. The number of carboxylic acid groups (broad SMARTS) is 1. The van der Waals surface area contributed by atoms with Gasteiger partial charge in [0, 0.05) is 16.9 Å². The molecule has 1 saturated heterocycles. The maximum Gasteiger partial charge on any atom is 0.335 e. The maximum atomic E-state index is 12.3. The van der Waals surface area contributed by atoms with E-state index in [1.807, 2.05) is 0 Å². The molecule has 2 aromatic rings. The molecule has 1 saturated carbocycles. The molecule has 2 heterocycles. The van der Waals surface area contributed by atoms with Crippen molar-refractivity contribution in [3.63, 3.8) is 0 Å². The average molecular weight is 531 g/mol. The van der Waals surface area contributed by atoms with Gasteiger partial charge in [-0.2, -0.15) is 0 Å². The zero-order valence-electron chi connectivity index (χ0n) is 20.8. The number of carbonyl (C=O) groups is 2. The molecule has 7 atom stereocenters. The fourth-order valence-corrected chi connectivity index (χ4v) is 5.99. The molecule has 2 aliphatic heterocycles. The zero-order valence-corrected chi connectivity index (χ0v) is 20.8. The molecule has 5 rings (SSSR count). The van der Waals surface area contributed by atoms with Crippen LogP contribution in [0.15, 0.2) is 24.5 Å². The molecular weight excluding hydrogens is 500 g/mol. The molecule has 11 heteroatoms. The Bertz CT molecular complexity index is 1330. The van der Waals surface area contributed by atoms with Crippen LogP contribution in [-0.4, -0.2) is 78.7 Å². The van der Waals surface area contributed by atoms with Crippen LogP contribution in [0.25, 0.3) is 10.8 Å². The summed E-state index contributed by atoms with van der Waals surface area (Å²) in [7, 11) is 0. The number of ether oxygens (including phenoxy) is 3. The van der Waals surface area contributed by atoms with Gasteiger partial charge in [-0.15, -0.1) is 0 Å². The maximum absolute atomic E-state index is 12.3. The van der Waals surface area contributed by atoms with Gasteiger partial charge in [0.15, 0.2) is 11.9 Å². The molecule has 204 valence electrons. The predicted molar refractivity (Wildman–Crippen MR) is 131 cm³/mol. The first-order valence-corrected chi connectivity index (χ1v) is 12.4. The first-order chi connectivity index (χ1) is 18.0. The van der Waals surface area contributed by atoms with Crippen LogP contribution in [0.1, 0.15) is 58.9 Å². The van der Waals surface area contributed by atoms with Gasteiger partial charge in [0.1, 0.15) is 41.2 Å². The molecule has 0 unspecified atom stereocenters. The van der Waals surface area contributed by atoms with Crippen LogP contribution in [-0.2, 0) is 9.47 Å². The Hall–Kier alpha value is -3.38.